The highest BCUT2D eigenvalue weighted by atomic mass is 79.9. The monoisotopic (exact) mass is 455 g/mol. The minimum atomic E-state index is -4.77. The van der Waals surface area contributed by atoms with Crippen LogP contribution in [0.2, 0.25) is 10.0 Å². The van der Waals surface area contributed by atoms with Gasteiger partial charge in [0, 0.05) is 27.6 Å². The number of hydrogen-bond donors (Lipinski definition) is 0. The zero-order valence-electron chi connectivity index (χ0n) is 12.2. The van der Waals surface area contributed by atoms with Crippen molar-refractivity contribution in [2.75, 3.05) is 0 Å². The van der Waals surface area contributed by atoms with E-state index in [1.165, 1.54) is 18.2 Å². The van der Waals surface area contributed by atoms with E-state index in [1.807, 2.05) is 0 Å². The van der Waals surface area contributed by atoms with Gasteiger partial charge in [0.25, 0.3) is 5.60 Å². The van der Waals surface area contributed by atoms with Crippen LogP contribution < -0.4 is 0 Å². The summed E-state index contributed by atoms with van der Waals surface area (Å²) in [5, 5.41) is 3.70. The molecule has 0 saturated carbocycles. The Hall–Kier alpha value is -1.31. The second kappa shape index (κ2) is 6.45. The molecule has 2 aromatic carbocycles. The van der Waals surface area contributed by atoms with E-state index in [4.69, 9.17) is 28.0 Å². The van der Waals surface area contributed by atoms with E-state index in [-0.39, 0.29) is 25.8 Å². The molecule has 0 saturated heterocycles. The lowest BCUT2D eigenvalue weighted by atomic mass is 9.86. The zero-order valence-corrected chi connectivity index (χ0v) is 15.3. The second-order valence-electron chi connectivity index (χ2n) is 5.42. The highest BCUT2D eigenvalue weighted by molar-refractivity contribution is 9.10. The van der Waals surface area contributed by atoms with Gasteiger partial charge in [-0.1, -0.05) is 34.4 Å². The van der Waals surface area contributed by atoms with Gasteiger partial charge in [0.1, 0.15) is 5.82 Å². The maximum absolute atomic E-state index is 13.8. The number of benzene rings is 2. The molecule has 0 aromatic heterocycles. The second-order valence-corrected chi connectivity index (χ2v) is 7.15. The molecule has 3 rings (SSSR count). The number of rotatable bonds is 2. The molecule has 0 spiro atoms. The van der Waals surface area contributed by atoms with Crippen molar-refractivity contribution in [3.05, 3.63) is 67.9 Å². The van der Waals surface area contributed by atoms with Crippen molar-refractivity contribution in [1.29, 1.82) is 0 Å². The van der Waals surface area contributed by atoms with E-state index in [0.717, 1.165) is 18.2 Å². The van der Waals surface area contributed by atoms with E-state index in [2.05, 4.69) is 21.1 Å². The summed E-state index contributed by atoms with van der Waals surface area (Å²) in [4.78, 5) is 4.87. The summed E-state index contributed by atoms with van der Waals surface area (Å²) < 4.78 is 55.0. The van der Waals surface area contributed by atoms with Gasteiger partial charge in [0.05, 0.1) is 10.2 Å². The summed E-state index contributed by atoms with van der Waals surface area (Å²) in [6.07, 6.45) is -5.37. The molecule has 1 aliphatic rings. The van der Waals surface area contributed by atoms with Gasteiger partial charge in [-0.25, -0.2) is 4.39 Å². The van der Waals surface area contributed by atoms with Crippen LogP contribution in [0.25, 0.3) is 0 Å². The molecule has 0 aliphatic carbocycles. The number of nitrogens with zero attached hydrogens (tertiary/aromatic N) is 1. The van der Waals surface area contributed by atoms with Gasteiger partial charge in [-0.05, 0) is 46.3 Å². The Balaban J connectivity index is 2.04. The van der Waals surface area contributed by atoms with Crippen molar-refractivity contribution >= 4 is 44.8 Å². The van der Waals surface area contributed by atoms with Crippen molar-refractivity contribution < 1.29 is 22.4 Å². The van der Waals surface area contributed by atoms with Gasteiger partial charge in [-0.3, -0.25) is 0 Å². The van der Waals surface area contributed by atoms with E-state index in [1.54, 1.807) is 0 Å². The minimum Gasteiger partial charge on any atom is -0.374 e. The minimum absolute atomic E-state index is 0.0362. The molecule has 0 bridgehead atoms. The Labute approximate surface area is 158 Å². The molecular weight excluding hydrogens is 449 g/mol. The summed E-state index contributed by atoms with van der Waals surface area (Å²) in [5.41, 5.74) is -2.61. The first kappa shape index (κ1) is 18.5. The molecule has 132 valence electrons. The van der Waals surface area contributed by atoms with Gasteiger partial charge in [-0.15, -0.1) is 0 Å². The number of halogens is 7. The highest BCUT2D eigenvalue weighted by Gasteiger charge is 2.62. The van der Waals surface area contributed by atoms with Crippen molar-refractivity contribution in [2.45, 2.75) is 18.2 Å². The lowest BCUT2D eigenvalue weighted by Crippen LogP contribution is -2.42. The van der Waals surface area contributed by atoms with Crippen LogP contribution in [0.4, 0.5) is 17.6 Å². The van der Waals surface area contributed by atoms with Crippen molar-refractivity contribution in [1.82, 2.24) is 0 Å². The van der Waals surface area contributed by atoms with E-state index in [0.29, 0.717) is 5.56 Å². The topological polar surface area (TPSA) is 21.6 Å². The van der Waals surface area contributed by atoms with Crippen molar-refractivity contribution in [3.8, 4) is 0 Å². The van der Waals surface area contributed by atoms with Gasteiger partial charge in [0.2, 0.25) is 0 Å². The maximum atomic E-state index is 13.8. The number of hydrogen-bond acceptors (Lipinski definition) is 2. The number of alkyl halides is 3. The summed E-state index contributed by atoms with van der Waals surface area (Å²) in [6, 6.07) is 7.41. The SMILES string of the molecule is Fc1ccc(C2=NOC(c3cc(Cl)cc(Cl)c3)(C(F)(F)F)C2)cc1Br. The largest absolute Gasteiger partial charge is 0.435 e. The van der Waals surface area contributed by atoms with Crippen LogP contribution in [0.1, 0.15) is 17.5 Å². The van der Waals surface area contributed by atoms with Crippen LogP contribution in [0.3, 0.4) is 0 Å². The van der Waals surface area contributed by atoms with Gasteiger partial charge >= 0.3 is 6.18 Å². The van der Waals surface area contributed by atoms with E-state index >= 15 is 0 Å². The summed E-state index contributed by atoms with van der Waals surface area (Å²) in [5.74, 6) is -0.535. The van der Waals surface area contributed by atoms with Crippen LogP contribution in [0.5, 0.6) is 0 Å². The fraction of sp³-hybridized carbons (Fsp3) is 0.188. The lowest BCUT2D eigenvalue weighted by molar-refractivity contribution is -0.275. The van der Waals surface area contributed by atoms with Crippen LogP contribution in [0, 0.1) is 5.82 Å². The predicted octanol–water partition coefficient (Wildman–Crippen LogP) is 6.48. The average molecular weight is 457 g/mol. The third kappa shape index (κ3) is 3.37. The summed E-state index contributed by atoms with van der Waals surface area (Å²) in [6.45, 7) is 0. The molecule has 1 heterocycles. The molecule has 0 N–H and O–H groups in total. The van der Waals surface area contributed by atoms with Crippen LogP contribution in [-0.2, 0) is 10.4 Å². The van der Waals surface area contributed by atoms with Gasteiger partial charge in [-0.2, -0.15) is 13.2 Å². The Morgan fingerprint density at radius 2 is 1.72 bits per heavy atom. The first-order valence-corrected chi connectivity index (χ1v) is 8.41. The smallest absolute Gasteiger partial charge is 0.374 e. The van der Waals surface area contributed by atoms with Gasteiger partial charge < -0.3 is 4.84 Å². The van der Waals surface area contributed by atoms with E-state index < -0.39 is 24.0 Å². The fourth-order valence-electron chi connectivity index (χ4n) is 2.52. The molecule has 0 radical (unpaired) electrons. The average Bonchev–Trinajstić information content (AvgIpc) is 2.95. The molecule has 2 nitrogen and oxygen atoms in total. The molecular formula is C16H8BrCl2F4NO. The quantitative estimate of drug-likeness (QED) is 0.474. The molecule has 1 unspecified atom stereocenters. The molecule has 0 amide bonds. The third-order valence-corrected chi connectivity index (χ3v) is 4.81. The maximum Gasteiger partial charge on any atom is 0.435 e. The van der Waals surface area contributed by atoms with Crippen molar-refractivity contribution in [2.24, 2.45) is 5.16 Å². The van der Waals surface area contributed by atoms with Crippen molar-refractivity contribution in [3.63, 3.8) is 0 Å². The Morgan fingerprint density at radius 3 is 2.28 bits per heavy atom. The molecule has 0 fully saturated rings. The summed E-state index contributed by atoms with van der Waals surface area (Å²) in [7, 11) is 0. The normalized spacial score (nSPS) is 20.4. The molecule has 2 aromatic rings. The number of oxime groups is 1. The molecule has 9 heteroatoms. The Kier molecular flexibility index (Phi) is 4.77. The molecule has 25 heavy (non-hydrogen) atoms. The van der Waals surface area contributed by atoms with Crippen LogP contribution >= 0.6 is 39.1 Å². The Morgan fingerprint density at radius 1 is 1.08 bits per heavy atom. The highest BCUT2D eigenvalue weighted by Crippen LogP contribution is 2.49. The first-order valence-electron chi connectivity index (χ1n) is 6.86. The fourth-order valence-corrected chi connectivity index (χ4v) is 3.43. The third-order valence-electron chi connectivity index (χ3n) is 3.77. The van der Waals surface area contributed by atoms with Crippen LogP contribution in [-0.4, -0.2) is 11.9 Å². The molecule has 1 aliphatic heterocycles. The van der Waals surface area contributed by atoms with E-state index in [9.17, 15) is 17.6 Å². The molecule has 1 atom stereocenters. The Bertz CT molecular complexity index is 851. The van der Waals surface area contributed by atoms with Gasteiger partial charge in [0.15, 0.2) is 0 Å². The first-order chi connectivity index (χ1) is 11.6. The summed E-state index contributed by atoms with van der Waals surface area (Å²) >= 11 is 14.7. The lowest BCUT2D eigenvalue weighted by Gasteiger charge is -2.29. The zero-order chi connectivity index (χ0) is 18.4. The van der Waals surface area contributed by atoms with Crippen LogP contribution in [0.15, 0.2) is 46.0 Å². The standard InChI is InChI=1S/C16H8BrCl2F4NO/c17-12-3-8(1-2-13(12)20)14-7-15(25-24-14,16(21,22)23)9-4-10(18)6-11(19)5-9/h1-6H,7H2. The predicted molar refractivity (Wildman–Crippen MR) is 90.5 cm³/mol.